The average molecular weight is 195 g/mol. The predicted molar refractivity (Wildman–Crippen MR) is 57.7 cm³/mol. The molecule has 0 radical (unpaired) electrons. The fraction of sp³-hybridized carbons (Fsp3) is 0.909. The van der Waals surface area contributed by atoms with E-state index >= 15 is 0 Å². The molecule has 3 heteroatoms. The first-order chi connectivity index (χ1) is 6.76. The molecule has 1 rings (SSSR count). The molecule has 0 spiro atoms. The molecule has 0 aromatic heterocycles. The Morgan fingerprint density at radius 2 is 2.29 bits per heavy atom. The average Bonchev–Trinajstić information content (AvgIpc) is 2.14. The van der Waals surface area contributed by atoms with Crippen LogP contribution in [0, 0.1) is 17.2 Å². The van der Waals surface area contributed by atoms with E-state index in [0.717, 1.165) is 19.5 Å². The van der Waals surface area contributed by atoms with Gasteiger partial charge in [0.1, 0.15) is 0 Å². The van der Waals surface area contributed by atoms with Crippen molar-refractivity contribution < 1.29 is 0 Å². The monoisotopic (exact) mass is 195 g/mol. The summed E-state index contributed by atoms with van der Waals surface area (Å²) < 4.78 is 0. The van der Waals surface area contributed by atoms with Crippen LogP contribution in [0.15, 0.2) is 0 Å². The number of hydrogen-bond donors (Lipinski definition) is 1. The molecule has 1 aliphatic rings. The third kappa shape index (κ3) is 3.65. The number of piperidine rings is 1. The molecule has 0 amide bonds. The second-order valence-corrected chi connectivity index (χ2v) is 4.36. The summed E-state index contributed by atoms with van der Waals surface area (Å²) in [6.07, 6.45) is 4.95. The number of unbranched alkanes of at least 4 members (excludes halogenated alkanes) is 1. The zero-order valence-corrected chi connectivity index (χ0v) is 9.08. The Hall–Kier alpha value is -0.590. The molecule has 0 aliphatic carbocycles. The van der Waals surface area contributed by atoms with E-state index in [1.807, 2.05) is 0 Å². The number of nitrogens with zero attached hydrogens (tertiary/aromatic N) is 2. The first-order valence-corrected chi connectivity index (χ1v) is 5.61. The van der Waals surface area contributed by atoms with Gasteiger partial charge in [0.05, 0.1) is 12.6 Å². The van der Waals surface area contributed by atoms with Crippen molar-refractivity contribution in [3.05, 3.63) is 0 Å². The van der Waals surface area contributed by atoms with E-state index in [1.165, 1.54) is 19.3 Å². The molecule has 2 N–H and O–H groups in total. The summed E-state index contributed by atoms with van der Waals surface area (Å²) in [7, 11) is 0. The summed E-state index contributed by atoms with van der Waals surface area (Å²) >= 11 is 0. The van der Waals surface area contributed by atoms with Crippen molar-refractivity contribution in [1.29, 1.82) is 5.26 Å². The quantitative estimate of drug-likeness (QED) is 0.689. The van der Waals surface area contributed by atoms with Gasteiger partial charge in [-0.3, -0.25) is 4.90 Å². The summed E-state index contributed by atoms with van der Waals surface area (Å²) in [5.74, 6) is 0.715. The first kappa shape index (κ1) is 11.5. The molecule has 0 aromatic carbocycles. The zero-order valence-electron chi connectivity index (χ0n) is 9.08. The Morgan fingerprint density at radius 3 is 2.93 bits per heavy atom. The molecule has 2 unspecified atom stereocenters. The highest BCUT2D eigenvalue weighted by atomic mass is 15.1. The van der Waals surface area contributed by atoms with Gasteiger partial charge in [-0.05, 0) is 18.8 Å². The van der Waals surface area contributed by atoms with Crippen LogP contribution in [0.4, 0.5) is 0 Å². The lowest BCUT2D eigenvalue weighted by Gasteiger charge is -2.34. The normalized spacial score (nSPS) is 28.6. The zero-order chi connectivity index (χ0) is 10.4. The molecule has 1 aliphatic heterocycles. The van der Waals surface area contributed by atoms with Crippen molar-refractivity contribution >= 4 is 0 Å². The molecule has 0 saturated carbocycles. The minimum absolute atomic E-state index is 0.277. The summed E-state index contributed by atoms with van der Waals surface area (Å²) in [4.78, 5) is 2.19. The van der Waals surface area contributed by atoms with Crippen molar-refractivity contribution in [1.82, 2.24) is 4.90 Å². The van der Waals surface area contributed by atoms with Crippen LogP contribution in [0.5, 0.6) is 0 Å². The number of rotatable bonds is 4. The molecule has 1 saturated heterocycles. The van der Waals surface area contributed by atoms with Gasteiger partial charge in [-0.2, -0.15) is 5.26 Å². The van der Waals surface area contributed by atoms with Gasteiger partial charge < -0.3 is 5.73 Å². The highest BCUT2D eigenvalue weighted by molar-refractivity contribution is 4.86. The highest BCUT2D eigenvalue weighted by Gasteiger charge is 2.23. The second-order valence-electron chi connectivity index (χ2n) is 4.36. The number of nitrogens with two attached hydrogens (primary N) is 1. The largest absolute Gasteiger partial charge is 0.327 e. The van der Waals surface area contributed by atoms with E-state index in [0.29, 0.717) is 12.5 Å². The van der Waals surface area contributed by atoms with E-state index < -0.39 is 0 Å². The maximum atomic E-state index is 8.63. The van der Waals surface area contributed by atoms with E-state index in [4.69, 9.17) is 11.0 Å². The van der Waals surface area contributed by atoms with Gasteiger partial charge >= 0.3 is 0 Å². The molecule has 1 heterocycles. The standard InChI is InChI=1S/C11H21N3/c1-2-3-4-10-7-11(13)9-14(8-10)6-5-12/h10-11H,2-4,6-9,13H2,1H3. The van der Waals surface area contributed by atoms with Gasteiger partial charge in [0.2, 0.25) is 0 Å². The van der Waals surface area contributed by atoms with Crippen LogP contribution >= 0.6 is 0 Å². The number of likely N-dealkylation sites (tertiary alicyclic amines) is 1. The Kier molecular flexibility index (Phi) is 4.92. The minimum Gasteiger partial charge on any atom is -0.327 e. The Labute approximate surface area is 86.9 Å². The maximum absolute atomic E-state index is 8.63. The lowest BCUT2D eigenvalue weighted by atomic mass is 9.90. The minimum atomic E-state index is 0.277. The molecular formula is C11H21N3. The van der Waals surface area contributed by atoms with Crippen LogP contribution in [0.1, 0.15) is 32.6 Å². The van der Waals surface area contributed by atoms with E-state index in [9.17, 15) is 0 Å². The molecule has 0 bridgehead atoms. The highest BCUT2D eigenvalue weighted by Crippen LogP contribution is 2.20. The Bertz CT molecular complexity index is 197. The molecule has 3 nitrogen and oxygen atoms in total. The Morgan fingerprint density at radius 1 is 1.50 bits per heavy atom. The number of nitriles is 1. The van der Waals surface area contributed by atoms with Gasteiger partial charge in [-0.25, -0.2) is 0 Å². The summed E-state index contributed by atoms with van der Waals surface area (Å²) in [6, 6.07) is 2.48. The van der Waals surface area contributed by atoms with Gasteiger partial charge in [-0.15, -0.1) is 0 Å². The second kappa shape index (κ2) is 6.00. The fourth-order valence-corrected chi connectivity index (χ4v) is 2.28. The predicted octanol–water partition coefficient (Wildman–Crippen LogP) is 1.35. The maximum Gasteiger partial charge on any atom is 0.0866 e. The van der Waals surface area contributed by atoms with Crippen molar-refractivity contribution in [2.24, 2.45) is 11.7 Å². The summed E-state index contributed by atoms with van der Waals surface area (Å²) in [5, 5.41) is 8.63. The lowest BCUT2D eigenvalue weighted by Crippen LogP contribution is -2.47. The van der Waals surface area contributed by atoms with Crippen LogP contribution in [0.2, 0.25) is 0 Å². The van der Waals surface area contributed by atoms with Crippen molar-refractivity contribution in [2.75, 3.05) is 19.6 Å². The van der Waals surface area contributed by atoms with Crippen molar-refractivity contribution in [3.63, 3.8) is 0 Å². The number of hydrogen-bond acceptors (Lipinski definition) is 3. The fourth-order valence-electron chi connectivity index (χ4n) is 2.28. The van der Waals surface area contributed by atoms with E-state index in [2.05, 4.69) is 17.9 Å². The molecular weight excluding hydrogens is 174 g/mol. The third-order valence-electron chi connectivity index (χ3n) is 2.91. The van der Waals surface area contributed by atoms with Crippen LogP contribution in [0.25, 0.3) is 0 Å². The van der Waals surface area contributed by atoms with Crippen LogP contribution in [-0.2, 0) is 0 Å². The third-order valence-corrected chi connectivity index (χ3v) is 2.91. The van der Waals surface area contributed by atoms with Crippen LogP contribution < -0.4 is 5.73 Å². The molecule has 2 atom stereocenters. The van der Waals surface area contributed by atoms with Crippen molar-refractivity contribution in [2.45, 2.75) is 38.6 Å². The van der Waals surface area contributed by atoms with Crippen LogP contribution in [-0.4, -0.2) is 30.6 Å². The molecule has 80 valence electrons. The van der Waals surface area contributed by atoms with E-state index in [-0.39, 0.29) is 6.04 Å². The topological polar surface area (TPSA) is 53.0 Å². The molecule has 0 aromatic rings. The smallest absolute Gasteiger partial charge is 0.0866 e. The van der Waals surface area contributed by atoms with Crippen LogP contribution in [0.3, 0.4) is 0 Å². The summed E-state index contributed by atoms with van der Waals surface area (Å²) in [5.41, 5.74) is 5.97. The van der Waals surface area contributed by atoms with Crippen molar-refractivity contribution in [3.8, 4) is 6.07 Å². The van der Waals surface area contributed by atoms with Gasteiger partial charge in [0, 0.05) is 19.1 Å². The van der Waals surface area contributed by atoms with Gasteiger partial charge in [0.15, 0.2) is 0 Å². The molecule has 14 heavy (non-hydrogen) atoms. The van der Waals surface area contributed by atoms with E-state index in [1.54, 1.807) is 0 Å². The van der Waals surface area contributed by atoms with Gasteiger partial charge in [0.25, 0.3) is 0 Å². The first-order valence-electron chi connectivity index (χ1n) is 5.61. The lowest BCUT2D eigenvalue weighted by molar-refractivity contribution is 0.165. The SMILES string of the molecule is CCCCC1CC(N)CN(CC#N)C1. The summed E-state index contributed by atoms with van der Waals surface area (Å²) in [6.45, 7) is 4.73. The molecule has 1 fully saturated rings. The Balaban J connectivity index is 2.34. The van der Waals surface area contributed by atoms with Gasteiger partial charge in [-0.1, -0.05) is 19.8 Å².